The van der Waals surface area contributed by atoms with Gasteiger partial charge < -0.3 is 9.64 Å². The van der Waals surface area contributed by atoms with Crippen molar-refractivity contribution in [3.63, 3.8) is 0 Å². The molecule has 1 unspecified atom stereocenters. The lowest BCUT2D eigenvalue weighted by molar-refractivity contribution is -0.0423. The Hall–Kier alpha value is -1.39. The smallest absolute Gasteiger partial charge is 0.253 e. The monoisotopic (exact) mass is 342 g/mol. The van der Waals surface area contributed by atoms with Crippen LogP contribution in [0.4, 0.5) is 0 Å². The number of aryl methyl sites for hydroxylation is 2. The van der Waals surface area contributed by atoms with Crippen LogP contribution in [0, 0.1) is 0 Å². The molecule has 2 heterocycles. The molecule has 2 fully saturated rings. The molecule has 2 aliphatic heterocycles. The maximum absolute atomic E-state index is 12.9. The van der Waals surface area contributed by atoms with Crippen molar-refractivity contribution in [3.8, 4) is 0 Å². The van der Waals surface area contributed by atoms with E-state index in [2.05, 4.69) is 28.9 Å². The van der Waals surface area contributed by atoms with Crippen molar-refractivity contribution in [1.29, 1.82) is 0 Å². The summed E-state index contributed by atoms with van der Waals surface area (Å²) >= 11 is 0. The van der Waals surface area contributed by atoms with Crippen LogP contribution in [0.15, 0.2) is 18.2 Å². The van der Waals surface area contributed by atoms with Crippen LogP contribution in [-0.4, -0.2) is 60.6 Å². The second-order valence-electron chi connectivity index (χ2n) is 7.89. The van der Waals surface area contributed by atoms with Gasteiger partial charge in [-0.15, -0.1) is 0 Å². The number of hydrogen-bond acceptors (Lipinski definition) is 3. The molecular formula is C21H30N2O2. The number of nitrogens with zero attached hydrogens (tertiary/aromatic N) is 2. The predicted molar refractivity (Wildman–Crippen MR) is 99.0 cm³/mol. The molecular weight excluding hydrogens is 312 g/mol. The van der Waals surface area contributed by atoms with Crippen LogP contribution in [0.3, 0.4) is 0 Å². The van der Waals surface area contributed by atoms with Crippen molar-refractivity contribution < 1.29 is 9.53 Å². The molecule has 3 aliphatic rings. The Labute approximate surface area is 151 Å². The Kier molecular flexibility index (Phi) is 5.09. The van der Waals surface area contributed by atoms with Crippen molar-refractivity contribution in [2.45, 2.75) is 57.6 Å². The summed E-state index contributed by atoms with van der Waals surface area (Å²) in [5.74, 6) is 0.224. The molecule has 1 aromatic carbocycles. The topological polar surface area (TPSA) is 32.8 Å². The number of amides is 1. The molecule has 136 valence electrons. The van der Waals surface area contributed by atoms with Gasteiger partial charge in [0.25, 0.3) is 5.91 Å². The molecule has 0 aromatic heterocycles. The summed E-state index contributed by atoms with van der Waals surface area (Å²) in [4.78, 5) is 17.5. The zero-order valence-electron chi connectivity index (χ0n) is 15.4. The summed E-state index contributed by atoms with van der Waals surface area (Å²) in [6, 6.07) is 7.00. The van der Waals surface area contributed by atoms with Gasteiger partial charge in [0.1, 0.15) is 0 Å². The first-order valence-corrected chi connectivity index (χ1v) is 9.97. The first kappa shape index (κ1) is 17.0. The van der Waals surface area contributed by atoms with E-state index in [9.17, 15) is 4.79 Å². The molecule has 4 rings (SSSR count). The Morgan fingerprint density at radius 1 is 1.08 bits per heavy atom. The molecule has 0 saturated carbocycles. The number of benzene rings is 1. The van der Waals surface area contributed by atoms with E-state index in [1.54, 1.807) is 0 Å². The Balaban J connectivity index is 1.36. The summed E-state index contributed by atoms with van der Waals surface area (Å²) in [5.41, 5.74) is 3.73. The van der Waals surface area contributed by atoms with Crippen LogP contribution in [0.2, 0.25) is 0 Å². The van der Waals surface area contributed by atoms with E-state index in [1.165, 1.54) is 30.4 Å². The summed E-state index contributed by atoms with van der Waals surface area (Å²) in [6.45, 7) is 6.83. The minimum absolute atomic E-state index is 0.224. The van der Waals surface area contributed by atoms with Gasteiger partial charge in [0.15, 0.2) is 0 Å². The normalized spacial score (nSPS) is 25.6. The maximum Gasteiger partial charge on any atom is 0.253 e. The first-order chi connectivity index (χ1) is 12.2. The second kappa shape index (κ2) is 7.46. The number of fused-ring (bicyclic) bond motifs is 1. The Morgan fingerprint density at radius 3 is 2.60 bits per heavy atom. The molecule has 1 aromatic rings. The number of likely N-dealkylation sites (tertiary alicyclic amines) is 1. The molecule has 4 heteroatoms. The van der Waals surface area contributed by atoms with Crippen LogP contribution in [-0.2, 0) is 17.6 Å². The lowest BCUT2D eigenvalue weighted by Crippen LogP contribution is -2.51. The Morgan fingerprint density at radius 2 is 1.84 bits per heavy atom. The fourth-order valence-electron chi connectivity index (χ4n) is 4.66. The second-order valence-corrected chi connectivity index (χ2v) is 7.89. The van der Waals surface area contributed by atoms with Crippen molar-refractivity contribution >= 4 is 5.91 Å². The number of piperidine rings is 1. The number of hydrogen-bond donors (Lipinski definition) is 0. The van der Waals surface area contributed by atoms with Crippen molar-refractivity contribution in [1.82, 2.24) is 9.80 Å². The van der Waals surface area contributed by atoms with Crippen LogP contribution in [0.5, 0.6) is 0 Å². The van der Waals surface area contributed by atoms with Crippen molar-refractivity contribution in [2.75, 3.05) is 32.8 Å². The van der Waals surface area contributed by atoms with Gasteiger partial charge in [0.2, 0.25) is 0 Å². The summed E-state index contributed by atoms with van der Waals surface area (Å²) in [7, 11) is 0. The zero-order chi connectivity index (χ0) is 17.2. The van der Waals surface area contributed by atoms with E-state index < -0.39 is 0 Å². The average Bonchev–Trinajstić information content (AvgIpc) is 2.67. The maximum atomic E-state index is 12.9. The molecule has 0 bridgehead atoms. The van der Waals surface area contributed by atoms with Gasteiger partial charge in [0, 0.05) is 37.8 Å². The molecule has 0 spiro atoms. The number of morpholine rings is 1. The van der Waals surface area contributed by atoms with Gasteiger partial charge in [-0.05, 0) is 68.7 Å². The van der Waals surface area contributed by atoms with Crippen LogP contribution in [0.25, 0.3) is 0 Å². The highest BCUT2D eigenvalue weighted by atomic mass is 16.5. The summed E-state index contributed by atoms with van der Waals surface area (Å²) < 4.78 is 5.66. The highest BCUT2D eigenvalue weighted by Crippen LogP contribution is 2.24. The van der Waals surface area contributed by atoms with Gasteiger partial charge in [-0.2, -0.15) is 0 Å². The van der Waals surface area contributed by atoms with Crippen LogP contribution >= 0.6 is 0 Å². The van der Waals surface area contributed by atoms with Gasteiger partial charge in [-0.3, -0.25) is 9.69 Å². The first-order valence-electron chi connectivity index (χ1n) is 9.97. The van der Waals surface area contributed by atoms with Gasteiger partial charge in [0.05, 0.1) is 12.7 Å². The van der Waals surface area contributed by atoms with E-state index in [4.69, 9.17) is 4.74 Å². The molecule has 1 aliphatic carbocycles. The van der Waals surface area contributed by atoms with Crippen LogP contribution < -0.4 is 0 Å². The number of carbonyl (C=O) groups is 1. The minimum Gasteiger partial charge on any atom is -0.376 e. The third-order valence-electron chi connectivity index (χ3n) is 6.14. The molecule has 4 nitrogen and oxygen atoms in total. The SMILES string of the molecule is CC1CN(C2CCN(C(=O)c3ccc4c(c3)CCCC4)CC2)CCO1. The average molecular weight is 342 g/mol. The number of carbonyl (C=O) groups excluding carboxylic acids is 1. The largest absolute Gasteiger partial charge is 0.376 e. The van der Waals surface area contributed by atoms with E-state index in [-0.39, 0.29) is 5.91 Å². The van der Waals surface area contributed by atoms with E-state index in [1.807, 2.05) is 6.07 Å². The molecule has 25 heavy (non-hydrogen) atoms. The highest BCUT2D eigenvalue weighted by Gasteiger charge is 2.30. The minimum atomic E-state index is 0.224. The highest BCUT2D eigenvalue weighted by molar-refractivity contribution is 5.94. The van der Waals surface area contributed by atoms with Gasteiger partial charge >= 0.3 is 0 Å². The quantitative estimate of drug-likeness (QED) is 0.828. The molecule has 0 radical (unpaired) electrons. The van der Waals surface area contributed by atoms with E-state index in [0.29, 0.717) is 12.1 Å². The van der Waals surface area contributed by atoms with E-state index >= 15 is 0 Å². The fraction of sp³-hybridized carbons (Fsp3) is 0.667. The lowest BCUT2D eigenvalue weighted by Gasteiger charge is -2.41. The van der Waals surface area contributed by atoms with Crippen molar-refractivity contribution in [3.05, 3.63) is 34.9 Å². The zero-order valence-corrected chi connectivity index (χ0v) is 15.4. The molecule has 2 saturated heterocycles. The standard InChI is InChI=1S/C21H30N2O2/c1-16-15-23(12-13-25-16)20-8-10-22(11-9-20)21(24)19-7-6-17-4-2-3-5-18(17)14-19/h6-7,14,16,20H,2-5,8-13,15H2,1H3. The van der Waals surface area contributed by atoms with Gasteiger partial charge in [-0.1, -0.05) is 6.07 Å². The molecule has 0 N–H and O–H groups in total. The Bertz CT molecular complexity index is 622. The predicted octanol–water partition coefficient (Wildman–Crippen LogP) is 2.89. The molecule has 1 atom stereocenters. The third-order valence-corrected chi connectivity index (χ3v) is 6.14. The lowest BCUT2D eigenvalue weighted by atomic mass is 9.90. The summed E-state index contributed by atoms with van der Waals surface area (Å²) in [6.07, 6.45) is 7.36. The van der Waals surface area contributed by atoms with E-state index in [0.717, 1.165) is 57.6 Å². The number of rotatable bonds is 2. The number of ether oxygens (including phenoxy) is 1. The fourth-order valence-corrected chi connectivity index (χ4v) is 4.66. The molecule has 1 amide bonds. The van der Waals surface area contributed by atoms with Crippen molar-refractivity contribution in [2.24, 2.45) is 0 Å². The summed E-state index contributed by atoms with van der Waals surface area (Å²) in [5, 5.41) is 0. The van der Waals surface area contributed by atoms with Crippen LogP contribution in [0.1, 0.15) is 54.1 Å². The third kappa shape index (κ3) is 3.75. The van der Waals surface area contributed by atoms with Gasteiger partial charge in [-0.25, -0.2) is 0 Å².